The lowest BCUT2D eigenvalue weighted by Crippen LogP contribution is -2.35. The van der Waals surface area contributed by atoms with E-state index in [4.69, 9.17) is 0 Å². The molecule has 0 saturated carbocycles. The van der Waals surface area contributed by atoms with Crippen molar-refractivity contribution in [1.29, 1.82) is 0 Å². The van der Waals surface area contributed by atoms with Crippen molar-refractivity contribution in [3.8, 4) is 0 Å². The van der Waals surface area contributed by atoms with Gasteiger partial charge in [0.25, 0.3) is 11.6 Å². The SMILES string of the molecule is O=C(NC1CCS(=O)C1)c1ccc(C(F)(F)F)cc1[N+](=O)[O-]. The standard InChI is InChI=1S/C12H11F3N2O4S/c13-12(14,15)7-1-2-9(10(5-7)17(19)20)11(18)16-8-3-4-22(21)6-8/h1-2,5,8H,3-4,6H2,(H,16,18). The van der Waals surface area contributed by atoms with Crippen LogP contribution >= 0.6 is 0 Å². The van der Waals surface area contributed by atoms with Crippen LogP contribution in [0.1, 0.15) is 22.3 Å². The second-order valence-electron chi connectivity index (χ2n) is 4.76. The van der Waals surface area contributed by atoms with Crippen LogP contribution in [0, 0.1) is 10.1 Å². The summed E-state index contributed by atoms with van der Waals surface area (Å²) >= 11 is 0. The third-order valence-corrected chi connectivity index (χ3v) is 4.65. The van der Waals surface area contributed by atoms with E-state index in [2.05, 4.69) is 5.32 Å². The zero-order valence-electron chi connectivity index (χ0n) is 11.1. The van der Waals surface area contributed by atoms with Gasteiger partial charge in [-0.25, -0.2) is 0 Å². The minimum atomic E-state index is -4.73. The molecule has 0 aliphatic carbocycles. The molecular weight excluding hydrogens is 325 g/mol. The lowest BCUT2D eigenvalue weighted by atomic mass is 10.1. The van der Waals surface area contributed by atoms with Crippen LogP contribution in [0.25, 0.3) is 0 Å². The van der Waals surface area contributed by atoms with Gasteiger partial charge >= 0.3 is 6.18 Å². The number of halogens is 3. The Bertz CT molecular complexity index is 648. The van der Waals surface area contributed by atoms with Crippen molar-refractivity contribution in [2.45, 2.75) is 18.6 Å². The molecule has 1 aromatic carbocycles. The Kier molecular flexibility index (Phi) is 4.50. The number of nitro groups is 1. The number of carbonyl (C=O) groups is 1. The average Bonchev–Trinajstić information content (AvgIpc) is 2.82. The molecule has 0 radical (unpaired) electrons. The summed E-state index contributed by atoms with van der Waals surface area (Å²) in [6.07, 6.45) is -4.27. The van der Waals surface area contributed by atoms with Crippen LogP contribution < -0.4 is 5.32 Å². The number of alkyl halides is 3. The Balaban J connectivity index is 2.28. The topological polar surface area (TPSA) is 89.3 Å². The van der Waals surface area contributed by atoms with Crippen molar-refractivity contribution in [1.82, 2.24) is 5.32 Å². The second-order valence-corrected chi connectivity index (χ2v) is 6.38. The number of amides is 1. The van der Waals surface area contributed by atoms with Crippen LogP contribution in [0.3, 0.4) is 0 Å². The van der Waals surface area contributed by atoms with Gasteiger partial charge in [0.15, 0.2) is 0 Å². The Morgan fingerprint density at radius 3 is 2.59 bits per heavy atom. The van der Waals surface area contributed by atoms with E-state index >= 15 is 0 Å². The maximum atomic E-state index is 12.6. The maximum Gasteiger partial charge on any atom is 0.416 e. The predicted octanol–water partition coefficient (Wildman–Crippen LogP) is 1.86. The molecule has 1 aromatic rings. The second kappa shape index (κ2) is 6.03. The van der Waals surface area contributed by atoms with Gasteiger partial charge < -0.3 is 5.32 Å². The first-order chi connectivity index (χ1) is 10.2. The Labute approximate surface area is 125 Å². The third-order valence-electron chi connectivity index (χ3n) is 3.18. The highest BCUT2D eigenvalue weighted by molar-refractivity contribution is 7.85. The maximum absolute atomic E-state index is 12.6. The molecule has 1 fully saturated rings. The molecule has 2 rings (SSSR count). The monoisotopic (exact) mass is 336 g/mol. The molecule has 1 N–H and O–H groups in total. The Hall–Kier alpha value is -1.97. The van der Waals surface area contributed by atoms with Crippen LogP contribution in [0.5, 0.6) is 0 Å². The quantitative estimate of drug-likeness (QED) is 0.674. The Morgan fingerprint density at radius 2 is 2.09 bits per heavy atom. The summed E-state index contributed by atoms with van der Waals surface area (Å²) in [5, 5.41) is 13.4. The fourth-order valence-electron chi connectivity index (χ4n) is 2.09. The van der Waals surface area contributed by atoms with Crippen molar-refractivity contribution >= 4 is 22.4 Å². The van der Waals surface area contributed by atoms with E-state index in [1.807, 2.05) is 0 Å². The molecular formula is C12H11F3N2O4S. The van der Waals surface area contributed by atoms with Gasteiger partial charge in [-0.05, 0) is 18.6 Å². The van der Waals surface area contributed by atoms with E-state index in [-0.39, 0.29) is 5.75 Å². The van der Waals surface area contributed by atoms with E-state index in [0.717, 1.165) is 6.07 Å². The number of rotatable bonds is 3. The van der Waals surface area contributed by atoms with Crippen molar-refractivity contribution in [2.24, 2.45) is 0 Å². The number of carbonyl (C=O) groups excluding carboxylic acids is 1. The van der Waals surface area contributed by atoms with Gasteiger partial charge in [0.2, 0.25) is 0 Å². The molecule has 1 saturated heterocycles. The fourth-order valence-corrected chi connectivity index (χ4v) is 3.51. The number of hydrogen-bond acceptors (Lipinski definition) is 4. The summed E-state index contributed by atoms with van der Waals surface area (Å²) < 4.78 is 49.0. The molecule has 120 valence electrons. The van der Waals surface area contributed by atoms with Crippen molar-refractivity contribution in [3.63, 3.8) is 0 Å². The van der Waals surface area contributed by atoms with Crippen molar-refractivity contribution < 1.29 is 27.1 Å². The smallest absolute Gasteiger partial charge is 0.348 e. The van der Waals surface area contributed by atoms with Crippen LogP contribution in [0.15, 0.2) is 18.2 Å². The molecule has 2 atom stereocenters. The van der Waals surface area contributed by atoms with Gasteiger partial charge in [-0.1, -0.05) is 0 Å². The summed E-state index contributed by atoms with van der Waals surface area (Å²) in [5.74, 6) is -0.190. The molecule has 2 unspecified atom stereocenters. The van der Waals surface area contributed by atoms with Crippen LogP contribution in [-0.4, -0.2) is 32.6 Å². The summed E-state index contributed by atoms with van der Waals surface area (Å²) in [4.78, 5) is 21.9. The molecule has 1 aliphatic rings. The molecule has 0 aromatic heterocycles. The average molecular weight is 336 g/mol. The zero-order chi connectivity index (χ0) is 16.5. The summed E-state index contributed by atoms with van der Waals surface area (Å²) in [6.45, 7) is 0. The zero-order valence-corrected chi connectivity index (χ0v) is 11.9. The molecule has 0 spiro atoms. The van der Waals surface area contributed by atoms with Gasteiger partial charge in [0.1, 0.15) is 5.56 Å². The summed E-state index contributed by atoms with van der Waals surface area (Å²) in [6, 6.07) is 1.34. The first-order valence-electron chi connectivity index (χ1n) is 6.20. The lowest BCUT2D eigenvalue weighted by Gasteiger charge is -2.12. The van der Waals surface area contributed by atoms with Gasteiger partial charge in [0.05, 0.1) is 10.5 Å². The minimum absolute atomic E-state index is 0.236. The summed E-state index contributed by atoms with van der Waals surface area (Å²) in [7, 11) is -1.05. The Morgan fingerprint density at radius 1 is 1.41 bits per heavy atom. The van der Waals surface area contributed by atoms with E-state index in [1.165, 1.54) is 0 Å². The molecule has 1 aliphatic heterocycles. The molecule has 0 bridgehead atoms. The molecule has 1 amide bonds. The highest BCUT2D eigenvalue weighted by atomic mass is 32.2. The van der Waals surface area contributed by atoms with Gasteiger partial charge in [-0.2, -0.15) is 13.2 Å². The highest BCUT2D eigenvalue weighted by Gasteiger charge is 2.34. The minimum Gasteiger partial charge on any atom is -0.348 e. The van der Waals surface area contributed by atoms with Crippen molar-refractivity contribution in [3.05, 3.63) is 39.4 Å². The molecule has 10 heteroatoms. The molecule has 6 nitrogen and oxygen atoms in total. The number of hydrogen-bond donors (Lipinski definition) is 1. The number of nitrogens with one attached hydrogen (secondary N) is 1. The summed E-state index contributed by atoms with van der Waals surface area (Å²) in [5.41, 5.74) is -2.56. The molecule has 22 heavy (non-hydrogen) atoms. The van der Waals surface area contributed by atoms with E-state index < -0.39 is 50.7 Å². The van der Waals surface area contributed by atoms with E-state index in [0.29, 0.717) is 24.3 Å². The predicted molar refractivity (Wildman–Crippen MR) is 71.8 cm³/mol. The van der Waals surface area contributed by atoms with E-state index in [9.17, 15) is 32.3 Å². The first-order valence-corrected chi connectivity index (χ1v) is 7.69. The van der Waals surface area contributed by atoms with Gasteiger partial charge in [-0.3, -0.25) is 19.1 Å². The molecule has 1 heterocycles. The largest absolute Gasteiger partial charge is 0.416 e. The van der Waals surface area contributed by atoms with Crippen molar-refractivity contribution in [2.75, 3.05) is 11.5 Å². The number of nitro benzene ring substituents is 1. The number of benzene rings is 1. The number of nitrogens with zero attached hydrogens (tertiary/aromatic N) is 1. The normalized spacial score (nSPS) is 21.6. The van der Waals surface area contributed by atoms with E-state index in [1.54, 1.807) is 0 Å². The van der Waals surface area contributed by atoms with Gasteiger partial charge in [0, 0.05) is 34.4 Å². The third kappa shape index (κ3) is 3.62. The van der Waals surface area contributed by atoms with Crippen LogP contribution in [0.2, 0.25) is 0 Å². The lowest BCUT2D eigenvalue weighted by molar-refractivity contribution is -0.385. The van der Waals surface area contributed by atoms with Crippen LogP contribution in [0.4, 0.5) is 18.9 Å². The highest BCUT2D eigenvalue weighted by Crippen LogP contribution is 2.33. The first kappa shape index (κ1) is 16.4. The van der Waals surface area contributed by atoms with Crippen LogP contribution in [-0.2, 0) is 17.0 Å². The fraction of sp³-hybridized carbons (Fsp3) is 0.417. The van der Waals surface area contributed by atoms with Gasteiger partial charge in [-0.15, -0.1) is 0 Å².